The van der Waals surface area contributed by atoms with Gasteiger partial charge in [0.15, 0.2) is 0 Å². The Morgan fingerprint density at radius 3 is 2.61 bits per heavy atom. The molecule has 0 aliphatic carbocycles. The first kappa shape index (κ1) is 22.7. The first-order chi connectivity index (χ1) is 16.3. The lowest BCUT2D eigenvalue weighted by Gasteiger charge is -2.24. The van der Waals surface area contributed by atoms with Crippen LogP contribution in [0.1, 0.15) is 67.6 Å². The van der Waals surface area contributed by atoms with Crippen molar-refractivity contribution in [3.8, 4) is 0 Å². The first-order valence-electron chi connectivity index (χ1n) is 13.2. The summed E-state index contributed by atoms with van der Waals surface area (Å²) in [7, 11) is 0. The van der Waals surface area contributed by atoms with Crippen LogP contribution in [0.25, 0.3) is 10.9 Å². The zero-order valence-electron chi connectivity index (χ0n) is 20.3. The number of rotatable bonds is 8. The summed E-state index contributed by atoms with van der Waals surface area (Å²) in [5.41, 5.74) is 5.76. The van der Waals surface area contributed by atoms with Gasteiger partial charge in [0.25, 0.3) is 0 Å². The highest BCUT2D eigenvalue weighted by molar-refractivity contribution is 5.85. The van der Waals surface area contributed by atoms with E-state index in [1.165, 1.54) is 85.6 Å². The molecule has 3 aromatic rings. The lowest BCUT2D eigenvalue weighted by atomic mass is 9.84. The second-order valence-electron chi connectivity index (χ2n) is 10.4. The van der Waals surface area contributed by atoms with E-state index in [-0.39, 0.29) is 0 Å². The molecule has 1 unspecified atom stereocenters. The molecule has 0 radical (unpaired) electrons. The molecule has 176 valence electrons. The van der Waals surface area contributed by atoms with Gasteiger partial charge in [-0.3, -0.25) is 0 Å². The van der Waals surface area contributed by atoms with Crippen LogP contribution in [0.5, 0.6) is 0 Å². The van der Waals surface area contributed by atoms with Crippen LogP contribution in [-0.2, 0) is 11.3 Å². The predicted molar refractivity (Wildman–Crippen MR) is 138 cm³/mol. The molecule has 3 heteroatoms. The van der Waals surface area contributed by atoms with Gasteiger partial charge in [-0.25, -0.2) is 0 Å². The third-order valence-corrected chi connectivity index (χ3v) is 8.00. The molecule has 2 fully saturated rings. The van der Waals surface area contributed by atoms with Gasteiger partial charge in [-0.2, -0.15) is 0 Å². The Morgan fingerprint density at radius 1 is 0.970 bits per heavy atom. The SMILES string of the molecule is Cc1cccc(C(CCCC2CCNCC2)c2cn(CC3CCOCC3)c3ccccc23)c1. The van der Waals surface area contributed by atoms with E-state index in [1.54, 1.807) is 0 Å². The monoisotopic (exact) mass is 444 g/mol. The fourth-order valence-corrected chi connectivity index (χ4v) is 6.08. The number of para-hydroxylation sites is 1. The topological polar surface area (TPSA) is 26.2 Å². The van der Waals surface area contributed by atoms with Crippen LogP contribution in [0.3, 0.4) is 0 Å². The van der Waals surface area contributed by atoms with Crippen LogP contribution in [-0.4, -0.2) is 30.9 Å². The minimum absolute atomic E-state index is 0.465. The van der Waals surface area contributed by atoms with Gasteiger partial charge in [0.2, 0.25) is 0 Å². The lowest BCUT2D eigenvalue weighted by Crippen LogP contribution is -2.27. The van der Waals surface area contributed by atoms with Gasteiger partial charge >= 0.3 is 0 Å². The van der Waals surface area contributed by atoms with E-state index >= 15 is 0 Å². The number of aryl methyl sites for hydroxylation is 1. The zero-order valence-corrected chi connectivity index (χ0v) is 20.3. The van der Waals surface area contributed by atoms with Gasteiger partial charge in [-0.1, -0.05) is 60.9 Å². The molecule has 0 saturated carbocycles. The van der Waals surface area contributed by atoms with Gasteiger partial charge in [-0.15, -0.1) is 0 Å². The Balaban J connectivity index is 1.43. The molecule has 2 aromatic carbocycles. The van der Waals surface area contributed by atoms with Gasteiger partial charge < -0.3 is 14.6 Å². The van der Waals surface area contributed by atoms with Crippen molar-refractivity contribution < 1.29 is 4.74 Å². The Morgan fingerprint density at radius 2 is 1.79 bits per heavy atom. The van der Waals surface area contributed by atoms with Crippen LogP contribution in [0.2, 0.25) is 0 Å². The number of hydrogen-bond acceptors (Lipinski definition) is 2. The maximum Gasteiger partial charge on any atom is 0.0483 e. The maximum absolute atomic E-state index is 5.62. The predicted octanol–water partition coefficient (Wildman–Crippen LogP) is 6.68. The van der Waals surface area contributed by atoms with Gasteiger partial charge in [0, 0.05) is 42.8 Å². The molecule has 1 N–H and O–H groups in total. The van der Waals surface area contributed by atoms with Crippen molar-refractivity contribution in [2.75, 3.05) is 26.3 Å². The van der Waals surface area contributed by atoms with Crippen LogP contribution >= 0.6 is 0 Å². The second kappa shape index (κ2) is 10.9. The molecule has 0 amide bonds. The minimum atomic E-state index is 0.465. The van der Waals surface area contributed by atoms with Crippen molar-refractivity contribution >= 4 is 10.9 Å². The van der Waals surface area contributed by atoms with E-state index in [1.807, 2.05) is 0 Å². The smallest absolute Gasteiger partial charge is 0.0483 e. The average Bonchev–Trinajstić information content (AvgIpc) is 3.21. The molecule has 2 aliphatic rings. The van der Waals surface area contributed by atoms with Crippen LogP contribution < -0.4 is 5.32 Å². The highest BCUT2D eigenvalue weighted by Crippen LogP contribution is 2.37. The Labute approximate surface area is 199 Å². The minimum Gasteiger partial charge on any atom is -0.381 e. The van der Waals surface area contributed by atoms with Gasteiger partial charge in [0.05, 0.1) is 0 Å². The van der Waals surface area contributed by atoms with Crippen LogP contribution in [0.15, 0.2) is 54.7 Å². The third kappa shape index (κ3) is 5.53. The van der Waals surface area contributed by atoms with E-state index < -0.39 is 0 Å². The first-order valence-corrected chi connectivity index (χ1v) is 13.2. The van der Waals surface area contributed by atoms with E-state index in [2.05, 4.69) is 71.5 Å². The summed E-state index contributed by atoms with van der Waals surface area (Å²) in [5, 5.41) is 4.96. The van der Waals surface area contributed by atoms with Crippen molar-refractivity contribution in [2.24, 2.45) is 11.8 Å². The molecule has 1 atom stereocenters. The molecular formula is C30H40N2O. The number of aromatic nitrogens is 1. The second-order valence-corrected chi connectivity index (χ2v) is 10.4. The van der Waals surface area contributed by atoms with Crippen LogP contribution in [0.4, 0.5) is 0 Å². The zero-order chi connectivity index (χ0) is 22.5. The third-order valence-electron chi connectivity index (χ3n) is 8.00. The number of hydrogen-bond donors (Lipinski definition) is 1. The Kier molecular flexibility index (Phi) is 7.48. The molecule has 33 heavy (non-hydrogen) atoms. The molecule has 3 nitrogen and oxygen atoms in total. The summed E-state index contributed by atoms with van der Waals surface area (Å²) < 4.78 is 8.17. The molecule has 0 bridgehead atoms. The largest absolute Gasteiger partial charge is 0.381 e. The Hall–Kier alpha value is -2.10. The van der Waals surface area contributed by atoms with Crippen molar-refractivity contribution in [1.82, 2.24) is 9.88 Å². The number of fused-ring (bicyclic) bond motifs is 1. The van der Waals surface area contributed by atoms with Gasteiger partial charge in [0.1, 0.15) is 0 Å². The summed E-state index contributed by atoms with van der Waals surface area (Å²) in [4.78, 5) is 0. The highest BCUT2D eigenvalue weighted by atomic mass is 16.5. The summed E-state index contributed by atoms with van der Waals surface area (Å²) in [6.07, 6.45) is 11.5. The maximum atomic E-state index is 5.62. The fraction of sp³-hybridized carbons (Fsp3) is 0.533. The fourth-order valence-electron chi connectivity index (χ4n) is 6.08. The van der Waals surface area contributed by atoms with Crippen molar-refractivity contribution in [1.29, 1.82) is 0 Å². The van der Waals surface area contributed by atoms with Crippen LogP contribution in [0, 0.1) is 18.8 Å². The quantitative estimate of drug-likeness (QED) is 0.419. The summed E-state index contributed by atoms with van der Waals surface area (Å²) in [6.45, 7) is 7.57. The average molecular weight is 445 g/mol. The standard InChI is InChI=1S/C30H40N2O/c1-23-6-4-8-26(20-23)27(10-5-7-24-12-16-31-17-13-24)29-22-32(21-25-14-18-33-19-15-25)30-11-3-2-9-28(29)30/h2-4,6,8-9,11,20,22,24-25,27,31H,5,7,10,12-19,21H2,1H3. The molecule has 1 aromatic heterocycles. The van der Waals surface area contributed by atoms with E-state index in [0.717, 1.165) is 31.6 Å². The lowest BCUT2D eigenvalue weighted by molar-refractivity contribution is 0.0616. The number of ether oxygens (including phenoxy) is 1. The van der Waals surface area contributed by atoms with E-state index in [9.17, 15) is 0 Å². The summed E-state index contributed by atoms with van der Waals surface area (Å²) in [6, 6.07) is 18.3. The Bertz CT molecular complexity index is 1030. The molecule has 3 heterocycles. The van der Waals surface area contributed by atoms with Crippen molar-refractivity contribution in [3.63, 3.8) is 0 Å². The van der Waals surface area contributed by atoms with E-state index in [0.29, 0.717) is 5.92 Å². The summed E-state index contributed by atoms with van der Waals surface area (Å²) >= 11 is 0. The molecule has 5 rings (SSSR count). The number of benzene rings is 2. The molecule has 0 spiro atoms. The van der Waals surface area contributed by atoms with E-state index in [4.69, 9.17) is 4.74 Å². The highest BCUT2D eigenvalue weighted by Gasteiger charge is 2.23. The summed E-state index contributed by atoms with van der Waals surface area (Å²) in [5.74, 6) is 2.09. The van der Waals surface area contributed by atoms with Crippen molar-refractivity contribution in [2.45, 2.75) is 64.3 Å². The number of nitrogens with zero attached hydrogens (tertiary/aromatic N) is 1. The number of piperidine rings is 1. The number of nitrogens with one attached hydrogen (secondary N) is 1. The molecule has 2 saturated heterocycles. The molecule has 2 aliphatic heterocycles. The van der Waals surface area contributed by atoms with Crippen molar-refractivity contribution in [3.05, 3.63) is 71.4 Å². The normalized spacial score (nSPS) is 19.2. The molecular weight excluding hydrogens is 404 g/mol. The van der Waals surface area contributed by atoms with Gasteiger partial charge in [-0.05, 0) is 81.1 Å².